The van der Waals surface area contributed by atoms with Gasteiger partial charge in [0.2, 0.25) is 0 Å². The van der Waals surface area contributed by atoms with Crippen LogP contribution in [-0.4, -0.2) is 18.2 Å². The Hall–Kier alpha value is -1.46. The maximum atomic E-state index is 10.9. The topological polar surface area (TPSA) is 46.5 Å². The standard InChI is InChI=1S/C14H11BrO3S/c1-18-12-8-9(14(16)17)2-7-13(12)19-11-5-3-10(15)4-6-11/h2-8H,1H3,(H,16,17). The molecule has 3 nitrogen and oxygen atoms in total. The normalized spacial score (nSPS) is 10.2. The number of hydrogen-bond donors (Lipinski definition) is 1. The predicted molar refractivity (Wildman–Crippen MR) is 78.2 cm³/mol. The number of rotatable bonds is 4. The minimum atomic E-state index is -0.960. The van der Waals surface area contributed by atoms with E-state index in [0.717, 1.165) is 14.3 Å². The molecule has 2 aromatic rings. The van der Waals surface area contributed by atoms with Crippen LogP contribution in [0.4, 0.5) is 0 Å². The molecule has 0 unspecified atom stereocenters. The molecule has 0 atom stereocenters. The minimum absolute atomic E-state index is 0.219. The Bertz CT molecular complexity index is 596. The predicted octanol–water partition coefficient (Wildman–Crippen LogP) is 4.31. The van der Waals surface area contributed by atoms with Crippen LogP contribution < -0.4 is 4.74 Å². The number of methoxy groups -OCH3 is 1. The average Bonchev–Trinajstić information content (AvgIpc) is 2.41. The van der Waals surface area contributed by atoms with Gasteiger partial charge < -0.3 is 9.84 Å². The molecule has 2 rings (SSSR count). The van der Waals surface area contributed by atoms with E-state index in [9.17, 15) is 4.79 Å². The van der Waals surface area contributed by atoms with Gasteiger partial charge in [0.05, 0.1) is 17.6 Å². The van der Waals surface area contributed by atoms with Gasteiger partial charge >= 0.3 is 5.97 Å². The molecule has 0 radical (unpaired) electrons. The fourth-order valence-corrected chi connectivity index (χ4v) is 2.68. The molecule has 0 aliphatic heterocycles. The summed E-state index contributed by atoms with van der Waals surface area (Å²) in [5.41, 5.74) is 0.219. The summed E-state index contributed by atoms with van der Waals surface area (Å²) in [4.78, 5) is 12.9. The lowest BCUT2D eigenvalue weighted by atomic mass is 10.2. The highest BCUT2D eigenvalue weighted by molar-refractivity contribution is 9.10. The van der Waals surface area contributed by atoms with Gasteiger partial charge in [-0.1, -0.05) is 27.7 Å². The van der Waals surface area contributed by atoms with Crippen molar-refractivity contribution in [2.75, 3.05) is 7.11 Å². The van der Waals surface area contributed by atoms with Crippen molar-refractivity contribution in [3.63, 3.8) is 0 Å². The van der Waals surface area contributed by atoms with Crippen LogP contribution in [0.15, 0.2) is 56.7 Å². The molecule has 0 aliphatic rings. The Balaban J connectivity index is 2.29. The van der Waals surface area contributed by atoms with E-state index in [-0.39, 0.29) is 5.56 Å². The first kappa shape index (κ1) is 14.0. The number of carboxylic acid groups (broad SMARTS) is 1. The van der Waals surface area contributed by atoms with Gasteiger partial charge in [-0.15, -0.1) is 0 Å². The second-order valence-corrected chi connectivity index (χ2v) is 5.76. The first-order chi connectivity index (χ1) is 9.10. The van der Waals surface area contributed by atoms with E-state index in [2.05, 4.69) is 15.9 Å². The zero-order chi connectivity index (χ0) is 13.8. The number of ether oxygens (including phenoxy) is 1. The molecule has 98 valence electrons. The molecular formula is C14H11BrO3S. The van der Waals surface area contributed by atoms with Crippen LogP contribution in [0, 0.1) is 0 Å². The lowest BCUT2D eigenvalue weighted by molar-refractivity contribution is 0.0696. The molecule has 0 bridgehead atoms. The first-order valence-electron chi connectivity index (χ1n) is 5.45. The third-order valence-corrected chi connectivity index (χ3v) is 4.05. The summed E-state index contributed by atoms with van der Waals surface area (Å²) in [6, 6.07) is 12.8. The van der Waals surface area contributed by atoms with Gasteiger partial charge in [-0.3, -0.25) is 0 Å². The van der Waals surface area contributed by atoms with E-state index >= 15 is 0 Å². The van der Waals surface area contributed by atoms with Crippen molar-refractivity contribution in [1.82, 2.24) is 0 Å². The fraction of sp³-hybridized carbons (Fsp3) is 0.0714. The van der Waals surface area contributed by atoms with E-state index < -0.39 is 5.97 Å². The summed E-state index contributed by atoms with van der Waals surface area (Å²) in [5, 5.41) is 8.95. The lowest BCUT2D eigenvalue weighted by Gasteiger charge is -2.09. The average molecular weight is 339 g/mol. The number of carbonyl (C=O) groups is 1. The van der Waals surface area contributed by atoms with Crippen molar-refractivity contribution in [3.8, 4) is 5.75 Å². The Morgan fingerprint density at radius 3 is 2.47 bits per heavy atom. The molecule has 19 heavy (non-hydrogen) atoms. The Kier molecular flexibility index (Phi) is 4.50. The molecule has 0 heterocycles. The van der Waals surface area contributed by atoms with Crippen LogP contribution in [0.1, 0.15) is 10.4 Å². The van der Waals surface area contributed by atoms with Gasteiger partial charge in [-0.25, -0.2) is 4.79 Å². The van der Waals surface area contributed by atoms with E-state index in [1.54, 1.807) is 12.1 Å². The van der Waals surface area contributed by atoms with Crippen LogP contribution in [0.2, 0.25) is 0 Å². The molecular weight excluding hydrogens is 328 g/mol. The second kappa shape index (κ2) is 6.12. The maximum Gasteiger partial charge on any atom is 0.335 e. The smallest absolute Gasteiger partial charge is 0.335 e. The SMILES string of the molecule is COc1cc(C(=O)O)ccc1Sc1ccc(Br)cc1. The largest absolute Gasteiger partial charge is 0.496 e. The molecule has 0 spiro atoms. The summed E-state index contributed by atoms with van der Waals surface area (Å²) in [7, 11) is 1.53. The van der Waals surface area contributed by atoms with E-state index in [1.807, 2.05) is 24.3 Å². The number of aromatic carboxylic acids is 1. The van der Waals surface area contributed by atoms with E-state index in [4.69, 9.17) is 9.84 Å². The molecule has 0 aromatic heterocycles. The van der Waals surface area contributed by atoms with Crippen molar-refractivity contribution in [3.05, 3.63) is 52.5 Å². The number of halogens is 1. The van der Waals surface area contributed by atoms with Gasteiger partial charge in [-0.2, -0.15) is 0 Å². The highest BCUT2D eigenvalue weighted by atomic mass is 79.9. The molecule has 0 fully saturated rings. The van der Waals surface area contributed by atoms with Crippen LogP contribution in [-0.2, 0) is 0 Å². The number of hydrogen-bond acceptors (Lipinski definition) is 3. The van der Waals surface area contributed by atoms with Crippen molar-refractivity contribution in [1.29, 1.82) is 0 Å². The summed E-state index contributed by atoms with van der Waals surface area (Å²) >= 11 is 4.91. The summed E-state index contributed by atoms with van der Waals surface area (Å²) in [5.74, 6) is -0.397. The lowest BCUT2D eigenvalue weighted by Crippen LogP contribution is -1.97. The Morgan fingerprint density at radius 2 is 1.89 bits per heavy atom. The molecule has 2 aromatic carbocycles. The Morgan fingerprint density at radius 1 is 1.21 bits per heavy atom. The molecule has 0 saturated carbocycles. The van der Waals surface area contributed by atoms with Crippen molar-refractivity contribution < 1.29 is 14.6 Å². The molecule has 1 N–H and O–H groups in total. The van der Waals surface area contributed by atoms with Gasteiger partial charge in [-0.05, 0) is 42.5 Å². The maximum absolute atomic E-state index is 10.9. The van der Waals surface area contributed by atoms with Crippen LogP contribution in [0.3, 0.4) is 0 Å². The molecule has 5 heteroatoms. The highest BCUT2D eigenvalue weighted by Gasteiger charge is 2.10. The van der Waals surface area contributed by atoms with E-state index in [1.165, 1.54) is 24.9 Å². The number of carboxylic acids is 1. The zero-order valence-corrected chi connectivity index (χ0v) is 12.5. The van der Waals surface area contributed by atoms with Gasteiger partial charge in [0.1, 0.15) is 5.75 Å². The van der Waals surface area contributed by atoms with E-state index in [0.29, 0.717) is 5.75 Å². The third-order valence-electron chi connectivity index (χ3n) is 2.45. The summed E-state index contributed by atoms with van der Waals surface area (Å²) in [6.07, 6.45) is 0. The molecule has 0 amide bonds. The molecule has 0 aliphatic carbocycles. The Labute approximate surface area is 123 Å². The monoisotopic (exact) mass is 338 g/mol. The fourth-order valence-electron chi connectivity index (χ4n) is 1.51. The van der Waals surface area contributed by atoms with Crippen LogP contribution in [0.5, 0.6) is 5.75 Å². The van der Waals surface area contributed by atoms with Crippen molar-refractivity contribution in [2.45, 2.75) is 9.79 Å². The number of benzene rings is 2. The van der Waals surface area contributed by atoms with Crippen LogP contribution >= 0.6 is 27.7 Å². The van der Waals surface area contributed by atoms with Crippen LogP contribution in [0.25, 0.3) is 0 Å². The zero-order valence-electron chi connectivity index (χ0n) is 10.1. The highest BCUT2D eigenvalue weighted by Crippen LogP contribution is 2.35. The quantitative estimate of drug-likeness (QED) is 0.902. The third kappa shape index (κ3) is 3.52. The van der Waals surface area contributed by atoms with Gasteiger partial charge in [0.15, 0.2) is 0 Å². The van der Waals surface area contributed by atoms with Crippen molar-refractivity contribution in [2.24, 2.45) is 0 Å². The van der Waals surface area contributed by atoms with Gasteiger partial charge in [0, 0.05) is 9.37 Å². The van der Waals surface area contributed by atoms with Crippen molar-refractivity contribution >= 4 is 33.7 Å². The second-order valence-electron chi connectivity index (χ2n) is 3.73. The molecule has 0 saturated heterocycles. The first-order valence-corrected chi connectivity index (χ1v) is 7.06. The summed E-state index contributed by atoms with van der Waals surface area (Å²) in [6.45, 7) is 0. The minimum Gasteiger partial charge on any atom is -0.496 e. The van der Waals surface area contributed by atoms with Gasteiger partial charge in [0.25, 0.3) is 0 Å². The summed E-state index contributed by atoms with van der Waals surface area (Å²) < 4.78 is 6.26.